The van der Waals surface area contributed by atoms with Crippen LogP contribution in [0, 0.1) is 17.0 Å². The van der Waals surface area contributed by atoms with Crippen LogP contribution in [0.5, 0.6) is 0 Å². The number of aromatic carboxylic acids is 1. The first-order chi connectivity index (χ1) is 9.99. The van der Waals surface area contributed by atoms with E-state index >= 15 is 0 Å². The number of aryl methyl sites for hydroxylation is 1. The van der Waals surface area contributed by atoms with Crippen molar-refractivity contribution >= 4 is 23.4 Å². The van der Waals surface area contributed by atoms with E-state index in [1.807, 2.05) is 31.2 Å². The average molecular weight is 303 g/mol. The molecule has 2 aromatic carbocycles. The zero-order chi connectivity index (χ0) is 15.4. The van der Waals surface area contributed by atoms with E-state index in [1.54, 1.807) is 0 Å². The third kappa shape index (κ3) is 3.61. The normalized spacial score (nSPS) is 10.3. The van der Waals surface area contributed by atoms with Gasteiger partial charge in [-0.25, -0.2) is 4.79 Å². The fraction of sp³-hybridized carbons (Fsp3) is 0.133. The molecule has 5 nitrogen and oxygen atoms in total. The van der Waals surface area contributed by atoms with Gasteiger partial charge in [-0.15, -0.1) is 11.8 Å². The lowest BCUT2D eigenvalue weighted by atomic mass is 10.1. The average Bonchev–Trinajstić information content (AvgIpc) is 2.46. The zero-order valence-corrected chi connectivity index (χ0v) is 12.1. The van der Waals surface area contributed by atoms with E-state index in [4.69, 9.17) is 5.11 Å². The highest BCUT2D eigenvalue weighted by atomic mass is 32.2. The molecular formula is C15H13NO4S. The van der Waals surface area contributed by atoms with E-state index in [1.165, 1.54) is 30.0 Å². The highest BCUT2D eigenvalue weighted by molar-refractivity contribution is 7.98. The largest absolute Gasteiger partial charge is 0.478 e. The monoisotopic (exact) mass is 303 g/mol. The summed E-state index contributed by atoms with van der Waals surface area (Å²) in [5.41, 5.74) is 1.54. The van der Waals surface area contributed by atoms with Gasteiger partial charge in [-0.2, -0.15) is 0 Å². The first-order valence-corrected chi connectivity index (χ1v) is 7.16. The fourth-order valence-electron chi connectivity index (χ4n) is 1.90. The summed E-state index contributed by atoms with van der Waals surface area (Å²) in [5.74, 6) is -0.709. The van der Waals surface area contributed by atoms with Gasteiger partial charge in [0.05, 0.1) is 10.5 Å². The van der Waals surface area contributed by atoms with Crippen molar-refractivity contribution in [2.24, 2.45) is 0 Å². The topological polar surface area (TPSA) is 80.4 Å². The Kier molecular flexibility index (Phi) is 4.59. The highest BCUT2D eigenvalue weighted by Gasteiger charge is 2.15. The summed E-state index contributed by atoms with van der Waals surface area (Å²) in [6, 6.07) is 11.6. The third-order valence-electron chi connectivity index (χ3n) is 3.01. The molecule has 1 N–H and O–H groups in total. The first kappa shape index (κ1) is 15.1. The van der Waals surface area contributed by atoms with Gasteiger partial charge in [0.15, 0.2) is 0 Å². The Bertz CT molecular complexity index is 700. The maximum Gasteiger partial charge on any atom is 0.336 e. The van der Waals surface area contributed by atoms with E-state index in [9.17, 15) is 14.9 Å². The molecule has 0 aliphatic rings. The number of hydrogen-bond donors (Lipinski definition) is 1. The Morgan fingerprint density at radius 2 is 2.00 bits per heavy atom. The molecule has 0 saturated heterocycles. The van der Waals surface area contributed by atoms with Gasteiger partial charge in [-0.05, 0) is 30.2 Å². The van der Waals surface area contributed by atoms with Crippen molar-refractivity contribution in [3.05, 3.63) is 69.3 Å². The van der Waals surface area contributed by atoms with Crippen LogP contribution in [0.2, 0.25) is 0 Å². The van der Waals surface area contributed by atoms with Crippen LogP contribution in [0.4, 0.5) is 5.69 Å². The predicted octanol–water partition coefficient (Wildman–Crippen LogP) is 3.89. The van der Waals surface area contributed by atoms with E-state index in [0.717, 1.165) is 10.5 Å². The maximum absolute atomic E-state index is 11.2. The molecule has 108 valence electrons. The fourth-order valence-corrected chi connectivity index (χ4v) is 2.92. The van der Waals surface area contributed by atoms with Crippen LogP contribution in [0.25, 0.3) is 0 Å². The summed E-state index contributed by atoms with van der Waals surface area (Å²) >= 11 is 1.47. The second kappa shape index (κ2) is 6.41. The predicted molar refractivity (Wildman–Crippen MR) is 80.8 cm³/mol. The van der Waals surface area contributed by atoms with Crippen LogP contribution in [0.15, 0.2) is 47.4 Å². The van der Waals surface area contributed by atoms with E-state index < -0.39 is 10.9 Å². The number of carboxylic acids is 1. The van der Waals surface area contributed by atoms with Crippen LogP contribution >= 0.6 is 11.8 Å². The Morgan fingerprint density at radius 1 is 1.29 bits per heavy atom. The summed E-state index contributed by atoms with van der Waals surface area (Å²) in [6.45, 7) is 1.97. The van der Waals surface area contributed by atoms with E-state index in [-0.39, 0.29) is 11.3 Å². The number of carbonyl (C=O) groups is 1. The smallest absolute Gasteiger partial charge is 0.336 e. The molecule has 0 radical (unpaired) electrons. The third-order valence-corrected chi connectivity index (χ3v) is 4.23. The van der Waals surface area contributed by atoms with Gasteiger partial charge in [0.2, 0.25) is 0 Å². The summed E-state index contributed by atoms with van der Waals surface area (Å²) in [4.78, 5) is 22.5. The molecule has 0 aromatic heterocycles. The first-order valence-electron chi connectivity index (χ1n) is 6.18. The summed E-state index contributed by atoms with van der Waals surface area (Å²) in [6.07, 6.45) is 0. The molecule has 0 heterocycles. The lowest BCUT2D eigenvalue weighted by molar-refractivity contribution is -0.384. The molecule has 0 saturated carbocycles. The molecule has 0 spiro atoms. The number of benzene rings is 2. The van der Waals surface area contributed by atoms with Gasteiger partial charge >= 0.3 is 5.97 Å². The van der Waals surface area contributed by atoms with Crippen molar-refractivity contribution in [1.29, 1.82) is 0 Å². The number of nitrogens with zero attached hydrogens (tertiary/aromatic N) is 1. The van der Waals surface area contributed by atoms with E-state index in [2.05, 4.69) is 0 Å². The molecular weight excluding hydrogens is 290 g/mol. The lowest BCUT2D eigenvalue weighted by Crippen LogP contribution is -2.02. The van der Waals surface area contributed by atoms with Crippen LogP contribution in [0.1, 0.15) is 21.5 Å². The van der Waals surface area contributed by atoms with Gasteiger partial charge in [-0.3, -0.25) is 10.1 Å². The van der Waals surface area contributed by atoms with Crippen LogP contribution < -0.4 is 0 Å². The molecule has 0 bridgehead atoms. The molecule has 0 unspecified atom stereocenters. The molecule has 6 heteroatoms. The molecule has 21 heavy (non-hydrogen) atoms. The number of hydrogen-bond acceptors (Lipinski definition) is 4. The quantitative estimate of drug-likeness (QED) is 0.515. The number of rotatable bonds is 5. The van der Waals surface area contributed by atoms with Gasteiger partial charge in [0.25, 0.3) is 5.69 Å². The number of nitro benzene ring substituents is 1. The minimum absolute atomic E-state index is 0.0969. The SMILES string of the molecule is Cc1ccccc1SCc1cc([N+](=O)[O-])ccc1C(=O)O. The van der Waals surface area contributed by atoms with Crippen molar-refractivity contribution in [2.75, 3.05) is 0 Å². The van der Waals surface area contributed by atoms with Gasteiger partial charge in [0, 0.05) is 22.8 Å². The molecule has 0 aliphatic carbocycles. The lowest BCUT2D eigenvalue weighted by Gasteiger charge is -2.08. The number of thioether (sulfide) groups is 1. The second-order valence-electron chi connectivity index (χ2n) is 4.46. The molecule has 2 rings (SSSR count). The minimum atomic E-state index is -1.08. The number of non-ortho nitro benzene ring substituents is 1. The molecule has 0 amide bonds. The van der Waals surface area contributed by atoms with Gasteiger partial charge < -0.3 is 5.11 Å². The molecule has 0 fully saturated rings. The summed E-state index contributed by atoms with van der Waals surface area (Å²) in [7, 11) is 0. The molecule has 0 atom stereocenters. The van der Waals surface area contributed by atoms with E-state index in [0.29, 0.717) is 11.3 Å². The Morgan fingerprint density at radius 3 is 2.62 bits per heavy atom. The van der Waals surface area contributed by atoms with Crippen molar-refractivity contribution in [2.45, 2.75) is 17.6 Å². The standard InChI is InChI=1S/C15H13NO4S/c1-10-4-2-3-5-14(10)21-9-11-8-12(16(19)20)6-7-13(11)15(17)18/h2-8H,9H2,1H3,(H,17,18). The van der Waals surface area contributed by atoms with Gasteiger partial charge in [-0.1, -0.05) is 18.2 Å². The summed E-state index contributed by atoms with van der Waals surface area (Å²) in [5, 5.41) is 20.0. The second-order valence-corrected chi connectivity index (χ2v) is 5.48. The van der Waals surface area contributed by atoms with Crippen molar-refractivity contribution in [3.63, 3.8) is 0 Å². The maximum atomic E-state index is 11.2. The van der Waals surface area contributed by atoms with Crippen LogP contribution in [-0.4, -0.2) is 16.0 Å². The van der Waals surface area contributed by atoms with Crippen LogP contribution in [-0.2, 0) is 5.75 Å². The Hall–Kier alpha value is -2.34. The van der Waals surface area contributed by atoms with Crippen molar-refractivity contribution in [3.8, 4) is 0 Å². The Labute approximate surface area is 125 Å². The van der Waals surface area contributed by atoms with Crippen molar-refractivity contribution < 1.29 is 14.8 Å². The Balaban J connectivity index is 2.29. The van der Waals surface area contributed by atoms with Crippen molar-refractivity contribution in [1.82, 2.24) is 0 Å². The molecule has 2 aromatic rings. The van der Waals surface area contributed by atoms with Gasteiger partial charge in [0.1, 0.15) is 0 Å². The summed E-state index contributed by atoms with van der Waals surface area (Å²) < 4.78 is 0. The zero-order valence-electron chi connectivity index (χ0n) is 11.3. The highest BCUT2D eigenvalue weighted by Crippen LogP contribution is 2.29. The number of carboxylic acid groups (broad SMARTS) is 1. The van der Waals surface area contributed by atoms with Crippen LogP contribution in [0.3, 0.4) is 0 Å². The number of nitro groups is 1. The minimum Gasteiger partial charge on any atom is -0.478 e. The molecule has 0 aliphatic heterocycles.